The molecule has 1 aromatic heterocycles. The molecule has 13 heavy (non-hydrogen) atoms. The van der Waals surface area contributed by atoms with Crippen LogP contribution in [-0.2, 0) is 4.79 Å². The first-order valence-electron chi connectivity index (χ1n) is 3.93. The van der Waals surface area contributed by atoms with E-state index in [1.807, 2.05) is 6.92 Å². The molecule has 0 amide bonds. The second-order valence-corrected chi connectivity index (χ2v) is 3.30. The minimum Gasteiger partial charge on any atom is -0.481 e. The molecule has 0 saturated heterocycles. The Labute approximate surface area is 81.4 Å². The molecule has 1 rings (SSSR count). The Morgan fingerprint density at radius 3 is 2.85 bits per heavy atom. The molecule has 4 heteroatoms. The quantitative estimate of drug-likeness (QED) is 0.760. The summed E-state index contributed by atoms with van der Waals surface area (Å²) in [6.45, 7) is 1.85. The van der Waals surface area contributed by atoms with E-state index in [0.717, 1.165) is 5.56 Å². The van der Waals surface area contributed by atoms with Crippen molar-refractivity contribution in [2.75, 3.05) is 0 Å². The molecule has 1 heterocycles. The lowest BCUT2D eigenvalue weighted by molar-refractivity contribution is -0.137. The number of aromatic nitrogens is 1. The normalized spacial score (nSPS) is 12.5. The van der Waals surface area contributed by atoms with Crippen molar-refractivity contribution in [3.05, 3.63) is 29.0 Å². The van der Waals surface area contributed by atoms with Gasteiger partial charge in [0.15, 0.2) is 0 Å². The molecule has 1 unspecified atom stereocenters. The number of halogens is 1. The highest BCUT2D eigenvalue weighted by Crippen LogP contribution is 2.18. The van der Waals surface area contributed by atoms with Gasteiger partial charge in [0.25, 0.3) is 0 Å². The number of hydrogen-bond donors (Lipinski definition) is 1. The zero-order valence-corrected chi connectivity index (χ0v) is 7.95. The van der Waals surface area contributed by atoms with Crippen LogP contribution in [0.2, 0.25) is 5.15 Å². The van der Waals surface area contributed by atoms with E-state index in [9.17, 15) is 4.79 Å². The Morgan fingerprint density at radius 2 is 2.38 bits per heavy atom. The Hall–Kier alpha value is -1.09. The zero-order valence-electron chi connectivity index (χ0n) is 7.20. The summed E-state index contributed by atoms with van der Waals surface area (Å²) in [6, 6.07) is 3.46. The summed E-state index contributed by atoms with van der Waals surface area (Å²) in [4.78, 5) is 14.3. The van der Waals surface area contributed by atoms with Crippen LogP contribution in [0.15, 0.2) is 18.3 Å². The van der Waals surface area contributed by atoms with Crippen LogP contribution in [0, 0.1) is 0 Å². The molecule has 1 aromatic rings. The van der Waals surface area contributed by atoms with Crippen LogP contribution in [0.25, 0.3) is 0 Å². The third kappa shape index (κ3) is 3.03. The molecule has 0 aliphatic rings. The van der Waals surface area contributed by atoms with Gasteiger partial charge in [-0.3, -0.25) is 4.79 Å². The van der Waals surface area contributed by atoms with Gasteiger partial charge in [0, 0.05) is 6.20 Å². The molecule has 0 aliphatic carbocycles. The van der Waals surface area contributed by atoms with Crippen LogP contribution in [0.4, 0.5) is 0 Å². The van der Waals surface area contributed by atoms with Crippen LogP contribution in [0.3, 0.4) is 0 Å². The molecule has 0 spiro atoms. The minimum absolute atomic E-state index is 0.0257. The van der Waals surface area contributed by atoms with Gasteiger partial charge in [-0.15, -0.1) is 0 Å². The smallest absolute Gasteiger partial charge is 0.303 e. The summed E-state index contributed by atoms with van der Waals surface area (Å²) < 4.78 is 0. The fourth-order valence-electron chi connectivity index (χ4n) is 1.06. The average Bonchev–Trinajstić information content (AvgIpc) is 2.04. The van der Waals surface area contributed by atoms with Crippen molar-refractivity contribution in [3.8, 4) is 0 Å². The van der Waals surface area contributed by atoms with Crippen molar-refractivity contribution in [3.63, 3.8) is 0 Å². The monoisotopic (exact) mass is 199 g/mol. The Bertz CT molecular complexity index is 297. The maximum atomic E-state index is 10.4. The summed E-state index contributed by atoms with van der Waals surface area (Å²) in [5.74, 6) is -0.829. The molecular weight excluding hydrogens is 190 g/mol. The molecule has 0 radical (unpaired) electrons. The summed E-state index contributed by atoms with van der Waals surface area (Å²) in [6.07, 6.45) is 1.72. The van der Waals surface area contributed by atoms with E-state index >= 15 is 0 Å². The van der Waals surface area contributed by atoms with Gasteiger partial charge < -0.3 is 5.11 Å². The number of rotatable bonds is 3. The van der Waals surface area contributed by atoms with Crippen LogP contribution in [0.1, 0.15) is 24.8 Å². The molecule has 1 atom stereocenters. The van der Waals surface area contributed by atoms with Gasteiger partial charge in [-0.1, -0.05) is 24.6 Å². The zero-order chi connectivity index (χ0) is 9.84. The molecule has 3 nitrogen and oxygen atoms in total. The molecule has 0 fully saturated rings. The van der Waals surface area contributed by atoms with E-state index in [0.29, 0.717) is 5.15 Å². The lowest BCUT2D eigenvalue weighted by Crippen LogP contribution is -2.02. The van der Waals surface area contributed by atoms with E-state index in [4.69, 9.17) is 16.7 Å². The third-order valence-corrected chi connectivity index (χ3v) is 2.02. The second kappa shape index (κ2) is 4.23. The average molecular weight is 200 g/mol. The first kappa shape index (κ1) is 9.99. The van der Waals surface area contributed by atoms with Gasteiger partial charge in [-0.05, 0) is 17.5 Å². The largest absolute Gasteiger partial charge is 0.481 e. The number of carboxylic acid groups (broad SMARTS) is 1. The molecule has 70 valence electrons. The summed E-state index contributed by atoms with van der Waals surface area (Å²) in [7, 11) is 0. The third-order valence-electron chi connectivity index (χ3n) is 1.80. The lowest BCUT2D eigenvalue weighted by Gasteiger charge is -2.07. The van der Waals surface area contributed by atoms with Crippen LogP contribution in [-0.4, -0.2) is 16.1 Å². The first-order chi connectivity index (χ1) is 6.09. The topological polar surface area (TPSA) is 50.2 Å². The highest BCUT2D eigenvalue weighted by molar-refractivity contribution is 6.29. The summed E-state index contributed by atoms with van der Waals surface area (Å²) in [5.41, 5.74) is 0.895. The predicted molar refractivity (Wildman–Crippen MR) is 49.9 cm³/mol. The SMILES string of the molecule is CC(CC(=O)O)c1ccc(Cl)nc1. The maximum absolute atomic E-state index is 10.4. The fraction of sp³-hybridized carbons (Fsp3) is 0.333. The molecule has 0 bridgehead atoms. The molecular formula is C9H10ClNO2. The van der Waals surface area contributed by atoms with Gasteiger partial charge in [-0.25, -0.2) is 4.98 Å². The van der Waals surface area contributed by atoms with Crippen LogP contribution < -0.4 is 0 Å². The van der Waals surface area contributed by atoms with E-state index in [1.165, 1.54) is 0 Å². The lowest BCUT2D eigenvalue weighted by atomic mass is 10.00. The summed E-state index contributed by atoms with van der Waals surface area (Å²) >= 11 is 5.59. The first-order valence-corrected chi connectivity index (χ1v) is 4.30. The van der Waals surface area contributed by atoms with Gasteiger partial charge in [0.05, 0.1) is 6.42 Å². The van der Waals surface area contributed by atoms with E-state index in [-0.39, 0.29) is 12.3 Å². The van der Waals surface area contributed by atoms with Crippen molar-refractivity contribution >= 4 is 17.6 Å². The Kier molecular flexibility index (Phi) is 3.25. The molecule has 0 aliphatic heterocycles. The number of aliphatic carboxylic acids is 1. The number of carbonyl (C=O) groups is 1. The second-order valence-electron chi connectivity index (χ2n) is 2.91. The van der Waals surface area contributed by atoms with Crippen molar-refractivity contribution in [1.82, 2.24) is 4.98 Å². The maximum Gasteiger partial charge on any atom is 0.303 e. The van der Waals surface area contributed by atoms with Gasteiger partial charge >= 0.3 is 5.97 Å². The van der Waals surface area contributed by atoms with Gasteiger partial charge in [0.2, 0.25) is 0 Å². The van der Waals surface area contributed by atoms with Gasteiger partial charge in [0.1, 0.15) is 5.15 Å². The number of hydrogen-bond acceptors (Lipinski definition) is 2. The highest BCUT2D eigenvalue weighted by Gasteiger charge is 2.09. The van der Waals surface area contributed by atoms with Crippen molar-refractivity contribution in [2.24, 2.45) is 0 Å². The number of carboxylic acids is 1. The Morgan fingerprint density at radius 1 is 1.69 bits per heavy atom. The van der Waals surface area contributed by atoms with Crippen molar-refractivity contribution in [1.29, 1.82) is 0 Å². The highest BCUT2D eigenvalue weighted by atomic mass is 35.5. The predicted octanol–water partition coefficient (Wildman–Crippen LogP) is 2.31. The minimum atomic E-state index is -0.803. The van der Waals surface area contributed by atoms with Crippen molar-refractivity contribution in [2.45, 2.75) is 19.3 Å². The Balaban J connectivity index is 2.71. The number of pyridine rings is 1. The molecule has 1 N–H and O–H groups in total. The van der Waals surface area contributed by atoms with Crippen LogP contribution in [0.5, 0.6) is 0 Å². The van der Waals surface area contributed by atoms with Gasteiger partial charge in [-0.2, -0.15) is 0 Å². The molecule has 0 saturated carbocycles. The standard InChI is InChI=1S/C9H10ClNO2/c1-6(4-9(12)13)7-2-3-8(10)11-5-7/h2-3,5-6H,4H2,1H3,(H,12,13). The fourth-order valence-corrected chi connectivity index (χ4v) is 1.17. The number of nitrogens with zero attached hydrogens (tertiary/aromatic N) is 1. The van der Waals surface area contributed by atoms with Crippen molar-refractivity contribution < 1.29 is 9.90 Å². The summed E-state index contributed by atoms with van der Waals surface area (Å²) in [5, 5.41) is 8.98. The van der Waals surface area contributed by atoms with Crippen LogP contribution >= 0.6 is 11.6 Å². The van der Waals surface area contributed by atoms with E-state index in [2.05, 4.69) is 4.98 Å². The van der Waals surface area contributed by atoms with E-state index in [1.54, 1.807) is 18.3 Å². The van der Waals surface area contributed by atoms with E-state index < -0.39 is 5.97 Å². The molecule has 0 aromatic carbocycles.